The van der Waals surface area contributed by atoms with E-state index in [1.54, 1.807) is 12.1 Å². The Hall–Kier alpha value is -2.60. The number of nitrogens with zero attached hydrogens (tertiary/aromatic N) is 2. The molecule has 0 amide bonds. The summed E-state index contributed by atoms with van der Waals surface area (Å²) in [7, 11) is 0. The summed E-state index contributed by atoms with van der Waals surface area (Å²) in [6.07, 6.45) is 0. The monoisotopic (exact) mass is 330 g/mol. The smallest absolute Gasteiger partial charge is 0.269 e. The molecule has 6 heteroatoms. The molecule has 0 saturated heterocycles. The zero-order chi connectivity index (χ0) is 17.4. The first kappa shape index (κ1) is 17.7. The summed E-state index contributed by atoms with van der Waals surface area (Å²) in [5.41, 5.74) is 0.0410. The van der Waals surface area contributed by atoms with Gasteiger partial charge in [-0.2, -0.15) is 0 Å². The summed E-state index contributed by atoms with van der Waals surface area (Å²) >= 11 is 0. The van der Waals surface area contributed by atoms with Crippen LogP contribution in [-0.4, -0.2) is 36.1 Å². The van der Waals surface area contributed by atoms with Crippen molar-refractivity contribution in [2.24, 2.45) is 0 Å². The van der Waals surface area contributed by atoms with Crippen LogP contribution < -0.4 is 9.47 Å². The molecule has 0 unspecified atom stereocenters. The second-order valence-electron chi connectivity index (χ2n) is 5.20. The summed E-state index contributed by atoms with van der Waals surface area (Å²) in [5, 5.41) is 10.6. The standard InChI is InChI=1S/C18H22N2O4/c1-3-19(4-2)13-14-23-16-9-11-18(12-10-16)24-17-7-5-15(6-8-17)20(21)22/h5-12H,3-4,13-14H2,1-2H3. The maximum atomic E-state index is 10.6. The average molecular weight is 330 g/mol. The number of rotatable bonds is 9. The molecule has 0 radical (unpaired) electrons. The number of benzene rings is 2. The third-order valence-electron chi connectivity index (χ3n) is 3.68. The van der Waals surface area contributed by atoms with Gasteiger partial charge in [-0.3, -0.25) is 10.1 Å². The lowest BCUT2D eigenvalue weighted by atomic mass is 10.3. The molecule has 0 heterocycles. The maximum absolute atomic E-state index is 10.6. The van der Waals surface area contributed by atoms with Crippen molar-refractivity contribution in [3.05, 3.63) is 58.6 Å². The highest BCUT2D eigenvalue weighted by Gasteiger charge is 2.05. The van der Waals surface area contributed by atoms with Gasteiger partial charge in [0.1, 0.15) is 23.9 Å². The Morgan fingerprint density at radius 2 is 1.42 bits per heavy atom. The predicted octanol–water partition coefficient (Wildman–Crippen LogP) is 4.11. The molecule has 0 bridgehead atoms. The van der Waals surface area contributed by atoms with Gasteiger partial charge in [-0.25, -0.2) is 0 Å². The topological polar surface area (TPSA) is 64.8 Å². The number of nitro benzene ring substituents is 1. The van der Waals surface area contributed by atoms with Crippen LogP contribution in [0, 0.1) is 10.1 Å². The van der Waals surface area contributed by atoms with Crippen LogP contribution in [0.15, 0.2) is 48.5 Å². The lowest BCUT2D eigenvalue weighted by Crippen LogP contribution is -2.27. The van der Waals surface area contributed by atoms with Gasteiger partial charge in [0.25, 0.3) is 5.69 Å². The second kappa shape index (κ2) is 8.88. The first-order valence-electron chi connectivity index (χ1n) is 8.00. The van der Waals surface area contributed by atoms with Crippen molar-refractivity contribution in [1.29, 1.82) is 0 Å². The highest BCUT2D eigenvalue weighted by molar-refractivity contribution is 5.39. The largest absolute Gasteiger partial charge is 0.492 e. The van der Waals surface area contributed by atoms with E-state index in [2.05, 4.69) is 18.7 Å². The summed E-state index contributed by atoms with van der Waals surface area (Å²) < 4.78 is 11.4. The van der Waals surface area contributed by atoms with Crippen molar-refractivity contribution in [2.45, 2.75) is 13.8 Å². The molecule has 0 aliphatic heterocycles. The summed E-state index contributed by atoms with van der Waals surface area (Å²) in [5.74, 6) is 1.99. The van der Waals surface area contributed by atoms with Crippen molar-refractivity contribution in [1.82, 2.24) is 4.90 Å². The number of nitro groups is 1. The number of hydrogen-bond donors (Lipinski definition) is 0. The highest BCUT2D eigenvalue weighted by atomic mass is 16.6. The van der Waals surface area contributed by atoms with Crippen LogP contribution in [0.25, 0.3) is 0 Å². The number of likely N-dealkylation sites (N-methyl/N-ethyl adjacent to an activating group) is 1. The van der Waals surface area contributed by atoms with Gasteiger partial charge in [0.05, 0.1) is 4.92 Å². The third-order valence-corrected chi connectivity index (χ3v) is 3.68. The van der Waals surface area contributed by atoms with E-state index in [0.29, 0.717) is 18.1 Å². The van der Waals surface area contributed by atoms with E-state index in [0.717, 1.165) is 25.4 Å². The first-order valence-corrected chi connectivity index (χ1v) is 8.00. The Bertz CT molecular complexity index is 637. The summed E-state index contributed by atoms with van der Waals surface area (Å²) in [4.78, 5) is 12.5. The van der Waals surface area contributed by atoms with Crippen molar-refractivity contribution in [3.63, 3.8) is 0 Å². The van der Waals surface area contributed by atoms with Crippen LogP contribution in [0.1, 0.15) is 13.8 Å². The highest BCUT2D eigenvalue weighted by Crippen LogP contribution is 2.25. The van der Waals surface area contributed by atoms with E-state index in [1.807, 2.05) is 24.3 Å². The molecule has 0 aromatic heterocycles. The van der Waals surface area contributed by atoms with Gasteiger partial charge in [-0.05, 0) is 49.5 Å². The Kier molecular flexibility index (Phi) is 6.57. The van der Waals surface area contributed by atoms with Gasteiger partial charge < -0.3 is 14.4 Å². The van der Waals surface area contributed by atoms with E-state index in [1.165, 1.54) is 12.1 Å². The maximum Gasteiger partial charge on any atom is 0.269 e. The third kappa shape index (κ3) is 5.24. The number of hydrogen-bond acceptors (Lipinski definition) is 5. The second-order valence-corrected chi connectivity index (χ2v) is 5.20. The lowest BCUT2D eigenvalue weighted by molar-refractivity contribution is -0.384. The van der Waals surface area contributed by atoms with Crippen LogP contribution in [0.3, 0.4) is 0 Å². The van der Waals surface area contributed by atoms with Crippen molar-refractivity contribution >= 4 is 5.69 Å². The first-order chi connectivity index (χ1) is 11.6. The molecule has 2 aromatic carbocycles. The minimum atomic E-state index is -0.436. The minimum Gasteiger partial charge on any atom is -0.492 e. The fraction of sp³-hybridized carbons (Fsp3) is 0.333. The fourth-order valence-electron chi connectivity index (χ4n) is 2.21. The number of ether oxygens (including phenoxy) is 2. The Morgan fingerprint density at radius 1 is 0.917 bits per heavy atom. The molecule has 6 nitrogen and oxygen atoms in total. The molecular formula is C18H22N2O4. The number of non-ortho nitro benzene ring substituents is 1. The Labute approximate surface area is 141 Å². The van der Waals surface area contributed by atoms with Gasteiger partial charge in [-0.15, -0.1) is 0 Å². The zero-order valence-electron chi connectivity index (χ0n) is 14.0. The van der Waals surface area contributed by atoms with Crippen molar-refractivity contribution in [2.75, 3.05) is 26.2 Å². The van der Waals surface area contributed by atoms with E-state index >= 15 is 0 Å². The van der Waals surface area contributed by atoms with Crippen LogP contribution in [-0.2, 0) is 0 Å². The normalized spacial score (nSPS) is 10.6. The molecule has 0 saturated carbocycles. The van der Waals surface area contributed by atoms with E-state index in [9.17, 15) is 10.1 Å². The molecule has 128 valence electrons. The van der Waals surface area contributed by atoms with Gasteiger partial charge in [0, 0.05) is 18.7 Å². The molecule has 0 spiro atoms. The molecular weight excluding hydrogens is 308 g/mol. The molecule has 0 aliphatic rings. The minimum absolute atomic E-state index is 0.0410. The SMILES string of the molecule is CCN(CC)CCOc1ccc(Oc2ccc([N+](=O)[O-])cc2)cc1. The molecule has 2 rings (SSSR count). The average Bonchev–Trinajstić information content (AvgIpc) is 2.60. The van der Waals surface area contributed by atoms with E-state index in [4.69, 9.17) is 9.47 Å². The lowest BCUT2D eigenvalue weighted by Gasteiger charge is -2.18. The van der Waals surface area contributed by atoms with Crippen molar-refractivity contribution < 1.29 is 14.4 Å². The molecule has 0 N–H and O–H groups in total. The van der Waals surface area contributed by atoms with E-state index < -0.39 is 4.92 Å². The van der Waals surface area contributed by atoms with Crippen molar-refractivity contribution in [3.8, 4) is 17.2 Å². The Balaban J connectivity index is 1.86. The van der Waals surface area contributed by atoms with Crippen LogP contribution in [0.2, 0.25) is 0 Å². The van der Waals surface area contributed by atoms with Gasteiger partial charge in [-0.1, -0.05) is 13.8 Å². The van der Waals surface area contributed by atoms with Crippen LogP contribution in [0.4, 0.5) is 5.69 Å². The predicted molar refractivity (Wildman–Crippen MR) is 92.9 cm³/mol. The zero-order valence-corrected chi connectivity index (χ0v) is 14.0. The van der Waals surface area contributed by atoms with Crippen LogP contribution in [0.5, 0.6) is 17.2 Å². The summed E-state index contributed by atoms with van der Waals surface area (Å²) in [6, 6.07) is 13.3. The van der Waals surface area contributed by atoms with Gasteiger partial charge in [0.15, 0.2) is 0 Å². The summed E-state index contributed by atoms with van der Waals surface area (Å²) in [6.45, 7) is 7.84. The molecule has 24 heavy (non-hydrogen) atoms. The fourth-order valence-corrected chi connectivity index (χ4v) is 2.21. The Morgan fingerprint density at radius 3 is 1.92 bits per heavy atom. The van der Waals surface area contributed by atoms with Gasteiger partial charge in [0.2, 0.25) is 0 Å². The quantitative estimate of drug-likeness (QED) is 0.511. The molecule has 0 fully saturated rings. The molecule has 0 aliphatic carbocycles. The van der Waals surface area contributed by atoms with Gasteiger partial charge >= 0.3 is 0 Å². The van der Waals surface area contributed by atoms with Crippen LogP contribution >= 0.6 is 0 Å². The van der Waals surface area contributed by atoms with E-state index in [-0.39, 0.29) is 5.69 Å². The molecule has 2 aromatic rings. The molecule has 0 atom stereocenters.